The highest BCUT2D eigenvalue weighted by molar-refractivity contribution is 5.76. The summed E-state index contributed by atoms with van der Waals surface area (Å²) in [6, 6.07) is -1.16. The molecule has 0 saturated carbocycles. The second kappa shape index (κ2) is 40.6. The van der Waals surface area contributed by atoms with Gasteiger partial charge in [0.2, 0.25) is 5.91 Å². The average Bonchev–Trinajstić information content (AvgIpc) is 3.26. The largest absolute Gasteiger partial charge is 0.394 e. The number of unbranched alkanes of at least 4 members (excludes halogenated alkanes) is 32. The Labute approximate surface area is 373 Å². The summed E-state index contributed by atoms with van der Waals surface area (Å²) in [5.41, 5.74) is 0. The first kappa shape index (κ1) is 58.1. The summed E-state index contributed by atoms with van der Waals surface area (Å²) in [5.74, 6) is -0.336. The SMILES string of the molecule is CCCCCCCCCCCCCCCCCCCCCCCCCC(=O)N[C@@H](CO[C@H]1O[C@H](CO)[C@H](O)[C@H](O)[C@H]1O)[C@H](O)[C@H](O)[C@@H](O)CCCCCCCCCCCCC. The summed E-state index contributed by atoms with van der Waals surface area (Å²) in [6.45, 7) is 3.45. The van der Waals surface area contributed by atoms with Crippen LogP contribution in [0.3, 0.4) is 0 Å². The molecule has 11 nitrogen and oxygen atoms in total. The minimum Gasteiger partial charge on any atom is -0.394 e. The highest BCUT2D eigenvalue weighted by Crippen LogP contribution is 2.23. The zero-order valence-electron chi connectivity index (χ0n) is 39.4. The number of hydrogen-bond donors (Lipinski definition) is 8. The third kappa shape index (κ3) is 30.0. The van der Waals surface area contributed by atoms with Gasteiger partial charge in [0.15, 0.2) is 6.29 Å². The minimum absolute atomic E-state index is 0.222. The summed E-state index contributed by atoms with van der Waals surface area (Å²) < 4.78 is 11.1. The Morgan fingerprint density at radius 2 is 0.869 bits per heavy atom. The van der Waals surface area contributed by atoms with Crippen molar-refractivity contribution in [2.24, 2.45) is 0 Å². The fraction of sp³-hybridized carbons (Fsp3) is 0.980. The second-order valence-electron chi connectivity index (χ2n) is 18.6. The van der Waals surface area contributed by atoms with Crippen molar-refractivity contribution in [2.45, 2.75) is 300 Å². The quantitative estimate of drug-likeness (QED) is 0.0274. The molecule has 1 saturated heterocycles. The van der Waals surface area contributed by atoms with Gasteiger partial charge in [-0.1, -0.05) is 226 Å². The summed E-state index contributed by atoms with van der Waals surface area (Å²) in [7, 11) is 0. The van der Waals surface area contributed by atoms with Crippen LogP contribution in [-0.4, -0.2) is 110 Å². The fourth-order valence-electron chi connectivity index (χ4n) is 8.63. The number of nitrogens with one attached hydrogen (secondary N) is 1. The lowest BCUT2D eigenvalue weighted by molar-refractivity contribution is -0.303. The van der Waals surface area contributed by atoms with Gasteiger partial charge >= 0.3 is 0 Å². The maximum atomic E-state index is 13.1. The molecular weight excluding hydrogens is 775 g/mol. The normalized spacial score (nSPS) is 21.4. The van der Waals surface area contributed by atoms with Crippen molar-refractivity contribution >= 4 is 5.91 Å². The van der Waals surface area contributed by atoms with Crippen LogP contribution in [0.5, 0.6) is 0 Å². The summed E-state index contributed by atoms with van der Waals surface area (Å²) in [5, 5.41) is 76.0. The molecule has 0 aromatic carbocycles. The molecule has 0 bridgehead atoms. The molecule has 1 aliphatic rings. The van der Waals surface area contributed by atoms with Gasteiger partial charge in [-0.25, -0.2) is 0 Å². The summed E-state index contributed by atoms with van der Waals surface area (Å²) >= 11 is 0. The maximum absolute atomic E-state index is 13.1. The van der Waals surface area contributed by atoms with Crippen LogP contribution in [0.25, 0.3) is 0 Å². The average molecular weight is 874 g/mol. The molecule has 1 heterocycles. The zero-order chi connectivity index (χ0) is 44.8. The monoisotopic (exact) mass is 874 g/mol. The molecule has 1 amide bonds. The first-order valence-electron chi connectivity index (χ1n) is 25.9. The molecule has 0 unspecified atom stereocenters. The molecule has 1 fully saturated rings. The third-order valence-corrected chi connectivity index (χ3v) is 12.9. The molecule has 8 N–H and O–H groups in total. The van der Waals surface area contributed by atoms with E-state index in [-0.39, 0.29) is 12.3 Å². The maximum Gasteiger partial charge on any atom is 0.220 e. The van der Waals surface area contributed by atoms with E-state index in [9.17, 15) is 40.5 Å². The van der Waals surface area contributed by atoms with Crippen molar-refractivity contribution in [1.82, 2.24) is 5.32 Å². The van der Waals surface area contributed by atoms with Crippen LogP contribution in [0.2, 0.25) is 0 Å². The Hall–Kier alpha value is -0.890. The molecule has 0 radical (unpaired) electrons. The third-order valence-electron chi connectivity index (χ3n) is 12.9. The number of aliphatic hydroxyl groups is 7. The van der Waals surface area contributed by atoms with E-state index in [0.717, 1.165) is 38.5 Å². The minimum atomic E-state index is -1.66. The molecule has 0 aromatic heterocycles. The fourth-order valence-corrected chi connectivity index (χ4v) is 8.63. The molecule has 0 aliphatic carbocycles. The van der Waals surface area contributed by atoms with E-state index in [1.54, 1.807) is 0 Å². The predicted molar refractivity (Wildman–Crippen MR) is 247 cm³/mol. The molecule has 9 atom stereocenters. The van der Waals surface area contributed by atoms with E-state index in [0.29, 0.717) is 19.3 Å². The number of carbonyl (C=O) groups is 1. The highest BCUT2D eigenvalue weighted by Gasteiger charge is 2.44. The standard InChI is InChI=1S/C50H99NO10/c1-3-5-7-9-11-13-15-16-17-18-19-20-21-22-23-24-25-26-28-30-32-34-36-38-44(54)51-41(40-60-50-49(59)48(58)47(57)43(39-52)61-50)45(55)46(56)42(53)37-35-33-31-29-27-14-12-10-8-6-4-2/h41-43,45-50,52-53,55-59H,3-40H2,1-2H3,(H,51,54)/t41-,42-,43+,45-,46+,47-,48-,49+,50-/m0/s1. The van der Waals surface area contributed by atoms with E-state index < -0.39 is 68.3 Å². The number of hydrogen-bond acceptors (Lipinski definition) is 10. The molecule has 364 valence electrons. The number of aliphatic hydroxyl groups excluding tert-OH is 7. The van der Waals surface area contributed by atoms with Crippen LogP contribution in [-0.2, 0) is 14.3 Å². The summed E-state index contributed by atoms with van der Waals surface area (Å²) in [4.78, 5) is 13.1. The van der Waals surface area contributed by atoms with Crippen LogP contribution >= 0.6 is 0 Å². The molecule has 0 aromatic rings. The molecule has 1 aliphatic heterocycles. The Morgan fingerprint density at radius 3 is 1.25 bits per heavy atom. The highest BCUT2D eigenvalue weighted by atomic mass is 16.7. The van der Waals surface area contributed by atoms with Crippen molar-refractivity contribution in [2.75, 3.05) is 13.2 Å². The molecule has 11 heteroatoms. The Kier molecular flexibility index (Phi) is 38.7. The van der Waals surface area contributed by atoms with Crippen molar-refractivity contribution in [3.05, 3.63) is 0 Å². The van der Waals surface area contributed by atoms with Crippen LogP contribution in [0.1, 0.15) is 245 Å². The van der Waals surface area contributed by atoms with Crippen LogP contribution in [0.15, 0.2) is 0 Å². The number of carbonyl (C=O) groups excluding carboxylic acids is 1. The van der Waals surface area contributed by atoms with E-state index in [1.807, 2.05) is 0 Å². The van der Waals surface area contributed by atoms with Crippen molar-refractivity contribution in [1.29, 1.82) is 0 Å². The van der Waals surface area contributed by atoms with Crippen LogP contribution < -0.4 is 5.32 Å². The first-order valence-corrected chi connectivity index (χ1v) is 25.9. The Balaban J connectivity index is 2.32. The smallest absolute Gasteiger partial charge is 0.220 e. The van der Waals surface area contributed by atoms with Gasteiger partial charge in [0.25, 0.3) is 0 Å². The van der Waals surface area contributed by atoms with E-state index in [1.165, 1.54) is 167 Å². The van der Waals surface area contributed by atoms with Gasteiger partial charge < -0.3 is 50.5 Å². The van der Waals surface area contributed by atoms with E-state index >= 15 is 0 Å². The Morgan fingerprint density at radius 1 is 0.508 bits per heavy atom. The topological polar surface area (TPSA) is 189 Å². The van der Waals surface area contributed by atoms with Gasteiger partial charge in [-0.2, -0.15) is 0 Å². The molecule has 61 heavy (non-hydrogen) atoms. The zero-order valence-corrected chi connectivity index (χ0v) is 39.4. The summed E-state index contributed by atoms with van der Waals surface area (Å²) in [6.07, 6.45) is 31.1. The lowest BCUT2D eigenvalue weighted by atomic mass is 9.96. The van der Waals surface area contributed by atoms with Crippen molar-refractivity contribution in [3.63, 3.8) is 0 Å². The number of ether oxygens (including phenoxy) is 2. The molecule has 0 spiro atoms. The van der Waals surface area contributed by atoms with E-state index in [4.69, 9.17) is 9.47 Å². The lowest BCUT2D eigenvalue weighted by Gasteiger charge is -2.40. The molecular formula is C50H99NO10. The van der Waals surface area contributed by atoms with Gasteiger partial charge in [0, 0.05) is 6.42 Å². The van der Waals surface area contributed by atoms with Gasteiger partial charge in [0.05, 0.1) is 25.4 Å². The van der Waals surface area contributed by atoms with E-state index in [2.05, 4.69) is 19.2 Å². The Bertz CT molecular complexity index is 959. The van der Waals surface area contributed by atoms with Crippen molar-refractivity contribution in [3.8, 4) is 0 Å². The van der Waals surface area contributed by atoms with Gasteiger partial charge in [-0.05, 0) is 12.8 Å². The number of rotatable bonds is 44. The molecule has 1 rings (SSSR count). The van der Waals surface area contributed by atoms with Crippen LogP contribution in [0, 0.1) is 0 Å². The first-order chi connectivity index (χ1) is 29.7. The lowest BCUT2D eigenvalue weighted by Crippen LogP contribution is -2.60. The van der Waals surface area contributed by atoms with Crippen LogP contribution in [0.4, 0.5) is 0 Å². The second-order valence-corrected chi connectivity index (χ2v) is 18.6. The van der Waals surface area contributed by atoms with Gasteiger partial charge in [-0.3, -0.25) is 4.79 Å². The number of amides is 1. The predicted octanol–water partition coefficient (Wildman–Crippen LogP) is 9.45. The van der Waals surface area contributed by atoms with Crippen molar-refractivity contribution < 1.29 is 50.0 Å². The van der Waals surface area contributed by atoms with Gasteiger partial charge in [-0.15, -0.1) is 0 Å². The van der Waals surface area contributed by atoms with Gasteiger partial charge in [0.1, 0.15) is 36.6 Å².